The molecule has 1 amide bonds. The zero-order chi connectivity index (χ0) is 21.5. The number of carbonyl (C=O) groups excluding carboxylic acids is 2. The first-order chi connectivity index (χ1) is 14.5. The number of hydrogen-bond acceptors (Lipinski definition) is 6. The number of ether oxygens (including phenoxy) is 1. The van der Waals surface area contributed by atoms with E-state index in [0.717, 1.165) is 24.1 Å². The van der Waals surface area contributed by atoms with Crippen LogP contribution in [0.1, 0.15) is 35.7 Å². The van der Waals surface area contributed by atoms with Crippen molar-refractivity contribution in [1.82, 2.24) is 4.90 Å². The first-order valence-corrected chi connectivity index (χ1v) is 11.1. The van der Waals surface area contributed by atoms with Gasteiger partial charge < -0.3 is 10.1 Å². The summed E-state index contributed by atoms with van der Waals surface area (Å²) < 4.78 is 5.67. The lowest BCUT2D eigenvalue weighted by atomic mass is 10.2. The summed E-state index contributed by atoms with van der Waals surface area (Å²) in [6, 6.07) is 14.3. The summed E-state index contributed by atoms with van der Waals surface area (Å²) in [5.74, 6) is -0.509. The minimum atomic E-state index is -0.336. The van der Waals surface area contributed by atoms with Crippen LogP contribution in [0.3, 0.4) is 0 Å². The van der Waals surface area contributed by atoms with Crippen molar-refractivity contribution < 1.29 is 14.3 Å². The highest BCUT2D eigenvalue weighted by Gasteiger charge is 2.31. The lowest BCUT2D eigenvalue weighted by Gasteiger charge is -2.16. The quantitative estimate of drug-likeness (QED) is 0.240. The summed E-state index contributed by atoms with van der Waals surface area (Å²) in [4.78, 5) is 26.7. The average molecular weight is 461 g/mol. The molecule has 0 radical (unpaired) electrons. The molecule has 5 nitrogen and oxygen atoms in total. The molecule has 1 aliphatic heterocycles. The Kier molecular flexibility index (Phi) is 7.90. The molecule has 0 aliphatic carbocycles. The Morgan fingerprint density at radius 2 is 1.97 bits per heavy atom. The zero-order valence-electron chi connectivity index (χ0n) is 16.4. The predicted molar refractivity (Wildman–Crippen MR) is 127 cm³/mol. The standard InChI is InChI=1S/C22H21ClN2O3S2/c1-2-3-12-28-21(27)15-8-10-17(11-9-15)24-14-25-20(26)19(30-22(25)29)13-16-6-4-5-7-18(16)23/h4-11,13,24H,2-3,12,14H2,1H3. The van der Waals surface area contributed by atoms with Gasteiger partial charge in [0.25, 0.3) is 5.91 Å². The maximum Gasteiger partial charge on any atom is 0.338 e. The molecule has 0 atom stereocenters. The van der Waals surface area contributed by atoms with Crippen molar-refractivity contribution in [2.75, 3.05) is 18.6 Å². The summed E-state index contributed by atoms with van der Waals surface area (Å²) in [5, 5.41) is 3.74. The highest BCUT2D eigenvalue weighted by molar-refractivity contribution is 8.26. The number of nitrogens with zero attached hydrogens (tertiary/aromatic N) is 1. The van der Waals surface area contributed by atoms with Crippen molar-refractivity contribution >= 4 is 63.5 Å². The molecule has 0 unspecified atom stereocenters. The van der Waals surface area contributed by atoms with Crippen LogP contribution in [-0.4, -0.2) is 34.4 Å². The smallest absolute Gasteiger partial charge is 0.338 e. The van der Waals surface area contributed by atoms with Gasteiger partial charge in [0.2, 0.25) is 0 Å². The second kappa shape index (κ2) is 10.6. The number of unbranched alkanes of at least 4 members (excludes halogenated alkanes) is 1. The summed E-state index contributed by atoms with van der Waals surface area (Å²) in [6.45, 7) is 2.69. The Hall–Kier alpha value is -2.35. The number of thiocarbonyl (C=S) groups is 1. The Balaban J connectivity index is 1.59. The SMILES string of the molecule is CCCCOC(=O)c1ccc(NCN2C(=O)C(=Cc3ccccc3Cl)SC2=S)cc1. The zero-order valence-corrected chi connectivity index (χ0v) is 18.8. The highest BCUT2D eigenvalue weighted by atomic mass is 35.5. The van der Waals surface area contributed by atoms with E-state index in [9.17, 15) is 9.59 Å². The van der Waals surface area contributed by atoms with Crippen LogP contribution in [0.5, 0.6) is 0 Å². The predicted octanol–water partition coefficient (Wildman–Crippen LogP) is 5.57. The van der Waals surface area contributed by atoms with Gasteiger partial charge in [-0.25, -0.2) is 4.79 Å². The Labute approximate surface area is 190 Å². The second-order valence-electron chi connectivity index (χ2n) is 6.53. The number of rotatable bonds is 8. The highest BCUT2D eigenvalue weighted by Crippen LogP contribution is 2.33. The van der Waals surface area contributed by atoms with Crippen molar-refractivity contribution in [3.8, 4) is 0 Å². The van der Waals surface area contributed by atoms with E-state index in [-0.39, 0.29) is 18.5 Å². The lowest BCUT2D eigenvalue weighted by Crippen LogP contribution is -2.33. The fraction of sp³-hybridized carbons (Fsp3) is 0.227. The maximum absolute atomic E-state index is 12.7. The number of carbonyl (C=O) groups is 2. The van der Waals surface area contributed by atoms with Gasteiger partial charge >= 0.3 is 5.97 Å². The molecule has 0 bridgehead atoms. The largest absolute Gasteiger partial charge is 0.462 e. The van der Waals surface area contributed by atoms with Gasteiger partial charge in [-0.05, 0) is 48.4 Å². The summed E-state index contributed by atoms with van der Waals surface area (Å²) in [5.41, 5.74) is 2.03. The monoisotopic (exact) mass is 460 g/mol. The van der Waals surface area contributed by atoms with Crippen LogP contribution in [0.25, 0.3) is 6.08 Å². The molecule has 2 aromatic rings. The van der Waals surface area contributed by atoms with E-state index in [2.05, 4.69) is 5.32 Å². The van der Waals surface area contributed by atoms with Crippen molar-refractivity contribution in [3.05, 3.63) is 69.6 Å². The molecule has 3 rings (SSSR count). The molecule has 1 fully saturated rings. The van der Waals surface area contributed by atoms with Gasteiger partial charge in [-0.2, -0.15) is 0 Å². The van der Waals surface area contributed by atoms with Gasteiger partial charge in [0.15, 0.2) is 0 Å². The van der Waals surface area contributed by atoms with E-state index in [4.69, 9.17) is 28.6 Å². The summed E-state index contributed by atoms with van der Waals surface area (Å²) in [6.07, 6.45) is 3.57. The van der Waals surface area contributed by atoms with Crippen LogP contribution in [0, 0.1) is 0 Å². The molecule has 8 heteroatoms. The van der Waals surface area contributed by atoms with E-state index in [0.29, 0.717) is 26.4 Å². The molecule has 1 saturated heterocycles. The van der Waals surface area contributed by atoms with Gasteiger partial charge in [0.1, 0.15) is 4.32 Å². The number of hydrogen-bond donors (Lipinski definition) is 1. The number of benzene rings is 2. The van der Waals surface area contributed by atoms with Crippen molar-refractivity contribution in [2.24, 2.45) is 0 Å². The van der Waals surface area contributed by atoms with Crippen LogP contribution in [0.4, 0.5) is 5.69 Å². The lowest BCUT2D eigenvalue weighted by molar-refractivity contribution is -0.121. The number of nitrogens with one attached hydrogen (secondary N) is 1. The van der Waals surface area contributed by atoms with Crippen LogP contribution >= 0.6 is 35.6 Å². The number of esters is 1. The maximum atomic E-state index is 12.7. The molecule has 2 aromatic carbocycles. The first-order valence-electron chi connectivity index (χ1n) is 9.50. The van der Waals surface area contributed by atoms with Crippen LogP contribution < -0.4 is 5.32 Å². The Morgan fingerprint density at radius 3 is 2.67 bits per heavy atom. The third kappa shape index (κ3) is 5.62. The van der Waals surface area contributed by atoms with E-state index in [1.165, 1.54) is 16.7 Å². The molecule has 156 valence electrons. The van der Waals surface area contributed by atoms with Gasteiger partial charge in [-0.15, -0.1) is 0 Å². The fourth-order valence-electron chi connectivity index (χ4n) is 2.66. The van der Waals surface area contributed by atoms with Gasteiger partial charge in [0, 0.05) is 10.7 Å². The van der Waals surface area contributed by atoms with Crippen LogP contribution in [0.15, 0.2) is 53.4 Å². The first kappa shape index (κ1) is 22.3. The number of thioether (sulfide) groups is 1. The third-order valence-electron chi connectivity index (χ3n) is 4.36. The Morgan fingerprint density at radius 1 is 1.23 bits per heavy atom. The second-order valence-corrected chi connectivity index (χ2v) is 8.62. The minimum absolute atomic E-state index is 0.173. The van der Waals surface area contributed by atoms with E-state index >= 15 is 0 Å². The van der Waals surface area contributed by atoms with Gasteiger partial charge in [-0.1, -0.05) is 67.1 Å². The summed E-state index contributed by atoms with van der Waals surface area (Å²) in [7, 11) is 0. The van der Waals surface area contributed by atoms with Gasteiger partial charge in [0.05, 0.1) is 23.7 Å². The molecular weight excluding hydrogens is 440 g/mol. The van der Waals surface area contributed by atoms with Gasteiger partial charge in [-0.3, -0.25) is 9.69 Å². The number of amides is 1. The molecule has 0 spiro atoms. The van der Waals surface area contributed by atoms with Crippen molar-refractivity contribution in [1.29, 1.82) is 0 Å². The molecule has 1 aliphatic rings. The molecule has 0 saturated carbocycles. The average Bonchev–Trinajstić information content (AvgIpc) is 3.01. The topological polar surface area (TPSA) is 58.6 Å². The summed E-state index contributed by atoms with van der Waals surface area (Å²) >= 11 is 12.8. The molecule has 1 N–H and O–H groups in total. The fourth-order valence-corrected chi connectivity index (χ4v) is 4.09. The number of anilines is 1. The van der Waals surface area contributed by atoms with Crippen LogP contribution in [0.2, 0.25) is 5.02 Å². The van der Waals surface area contributed by atoms with E-state index in [1.54, 1.807) is 36.4 Å². The molecular formula is C22H21ClN2O3S2. The van der Waals surface area contributed by atoms with E-state index < -0.39 is 0 Å². The minimum Gasteiger partial charge on any atom is -0.462 e. The normalized spacial score (nSPS) is 15.0. The van der Waals surface area contributed by atoms with Crippen molar-refractivity contribution in [2.45, 2.75) is 19.8 Å². The molecule has 1 heterocycles. The van der Waals surface area contributed by atoms with Crippen molar-refractivity contribution in [3.63, 3.8) is 0 Å². The van der Waals surface area contributed by atoms with E-state index in [1.807, 2.05) is 25.1 Å². The molecule has 30 heavy (non-hydrogen) atoms. The number of halogens is 1. The third-order valence-corrected chi connectivity index (χ3v) is 6.08. The van der Waals surface area contributed by atoms with Crippen LogP contribution in [-0.2, 0) is 9.53 Å². The Bertz CT molecular complexity index is 977. The molecule has 0 aromatic heterocycles.